The second-order valence-electron chi connectivity index (χ2n) is 6.28. The molecule has 1 amide bonds. The zero-order chi connectivity index (χ0) is 13.7. The van der Waals surface area contributed by atoms with E-state index in [9.17, 15) is 9.90 Å². The molecule has 2 fully saturated rings. The molecule has 1 N–H and O–H groups in total. The molecule has 0 unspecified atom stereocenters. The van der Waals surface area contributed by atoms with E-state index in [0.717, 1.165) is 31.5 Å². The summed E-state index contributed by atoms with van der Waals surface area (Å²) in [7, 11) is 0. The van der Waals surface area contributed by atoms with E-state index in [2.05, 4.69) is 12.2 Å². The summed E-state index contributed by atoms with van der Waals surface area (Å²) < 4.78 is 0. The molecule has 3 heteroatoms. The van der Waals surface area contributed by atoms with Gasteiger partial charge in [0.15, 0.2) is 0 Å². The van der Waals surface area contributed by atoms with Crippen LogP contribution in [0.15, 0.2) is 42.5 Å². The van der Waals surface area contributed by atoms with Gasteiger partial charge >= 0.3 is 0 Å². The van der Waals surface area contributed by atoms with Crippen LogP contribution in [0.4, 0.5) is 5.69 Å². The van der Waals surface area contributed by atoms with E-state index in [0.29, 0.717) is 5.92 Å². The van der Waals surface area contributed by atoms with Crippen LogP contribution in [0.2, 0.25) is 0 Å². The summed E-state index contributed by atoms with van der Waals surface area (Å²) in [6.45, 7) is 0.754. The maximum absolute atomic E-state index is 13.1. The number of amides is 1. The first-order valence-corrected chi connectivity index (χ1v) is 7.45. The summed E-state index contributed by atoms with van der Waals surface area (Å²) in [5, 5.41) is 10.3. The molecule has 4 atom stereocenters. The summed E-state index contributed by atoms with van der Waals surface area (Å²) >= 11 is 0. The molecule has 1 aliphatic heterocycles. The lowest BCUT2D eigenvalue weighted by atomic mass is 9.67. The van der Waals surface area contributed by atoms with Crippen LogP contribution in [0.1, 0.15) is 19.3 Å². The van der Waals surface area contributed by atoms with Gasteiger partial charge in [-0.2, -0.15) is 0 Å². The Morgan fingerprint density at radius 2 is 2.05 bits per heavy atom. The first kappa shape index (κ1) is 12.2. The topological polar surface area (TPSA) is 40.5 Å². The summed E-state index contributed by atoms with van der Waals surface area (Å²) in [6.07, 6.45) is 6.45. The molecule has 3 nitrogen and oxygen atoms in total. The fraction of sp³-hybridized carbons (Fsp3) is 0.471. The normalized spacial score (nSPS) is 39.0. The second-order valence-corrected chi connectivity index (χ2v) is 6.28. The van der Waals surface area contributed by atoms with E-state index in [1.165, 1.54) is 0 Å². The molecule has 1 saturated carbocycles. The Labute approximate surface area is 118 Å². The van der Waals surface area contributed by atoms with Crippen LogP contribution >= 0.6 is 0 Å². The fourth-order valence-corrected chi connectivity index (χ4v) is 4.55. The molecule has 1 heterocycles. The molecule has 3 aliphatic rings. The second kappa shape index (κ2) is 4.19. The molecule has 4 rings (SSSR count). The third-order valence-corrected chi connectivity index (χ3v) is 5.45. The number of aliphatic hydroxyl groups excluding tert-OH is 1. The van der Waals surface area contributed by atoms with Gasteiger partial charge in [-0.15, -0.1) is 0 Å². The van der Waals surface area contributed by atoms with Crippen molar-refractivity contribution in [2.24, 2.45) is 17.3 Å². The number of rotatable bonds is 1. The lowest BCUT2D eigenvalue weighted by Gasteiger charge is -2.35. The smallest absolute Gasteiger partial charge is 0.234 e. The SMILES string of the molecule is O=C1N(c2ccccc2)C[C@H]2C[C@H](O)[C@@H]3C=CCC[C@]123. The number of carbonyl (C=O) groups is 1. The number of carbonyl (C=O) groups excluding carboxylic acids is 1. The quantitative estimate of drug-likeness (QED) is 0.795. The molecule has 20 heavy (non-hydrogen) atoms. The minimum Gasteiger partial charge on any atom is -0.392 e. The lowest BCUT2D eigenvalue weighted by molar-refractivity contribution is -0.129. The molecule has 0 bridgehead atoms. The van der Waals surface area contributed by atoms with Crippen LogP contribution in [0, 0.1) is 17.3 Å². The molecule has 1 spiro atoms. The first-order chi connectivity index (χ1) is 9.73. The van der Waals surface area contributed by atoms with E-state index in [4.69, 9.17) is 0 Å². The maximum Gasteiger partial charge on any atom is 0.234 e. The molecule has 1 saturated heterocycles. The zero-order valence-corrected chi connectivity index (χ0v) is 11.4. The van der Waals surface area contributed by atoms with Gasteiger partial charge in [0, 0.05) is 18.2 Å². The van der Waals surface area contributed by atoms with Crippen molar-refractivity contribution in [1.29, 1.82) is 0 Å². The molecule has 1 aromatic carbocycles. The predicted molar refractivity (Wildman–Crippen MR) is 77.2 cm³/mol. The van der Waals surface area contributed by atoms with Crippen molar-refractivity contribution in [3.8, 4) is 0 Å². The molecule has 0 radical (unpaired) electrons. The van der Waals surface area contributed by atoms with Gasteiger partial charge in [-0.3, -0.25) is 4.79 Å². The molecule has 2 aliphatic carbocycles. The number of para-hydroxylation sites is 1. The van der Waals surface area contributed by atoms with Crippen molar-refractivity contribution in [2.75, 3.05) is 11.4 Å². The van der Waals surface area contributed by atoms with Crippen LogP contribution in [0.3, 0.4) is 0 Å². The van der Waals surface area contributed by atoms with Crippen molar-refractivity contribution in [2.45, 2.75) is 25.4 Å². The molecule has 1 aromatic rings. The Morgan fingerprint density at radius 1 is 1.25 bits per heavy atom. The molecule has 104 valence electrons. The van der Waals surface area contributed by atoms with Crippen molar-refractivity contribution >= 4 is 11.6 Å². The average molecular weight is 269 g/mol. The van der Waals surface area contributed by atoms with Crippen molar-refractivity contribution in [1.82, 2.24) is 0 Å². The third kappa shape index (κ3) is 1.41. The fourth-order valence-electron chi connectivity index (χ4n) is 4.55. The van der Waals surface area contributed by atoms with E-state index in [1.807, 2.05) is 35.2 Å². The average Bonchev–Trinajstić information content (AvgIpc) is 2.92. The largest absolute Gasteiger partial charge is 0.392 e. The Kier molecular flexibility index (Phi) is 2.55. The summed E-state index contributed by atoms with van der Waals surface area (Å²) in [6, 6.07) is 9.92. The van der Waals surface area contributed by atoms with Gasteiger partial charge in [0.1, 0.15) is 0 Å². The number of anilines is 1. The van der Waals surface area contributed by atoms with Gasteiger partial charge < -0.3 is 10.0 Å². The van der Waals surface area contributed by atoms with Gasteiger partial charge in [-0.25, -0.2) is 0 Å². The number of benzene rings is 1. The number of nitrogens with zero attached hydrogens (tertiary/aromatic N) is 1. The molecular weight excluding hydrogens is 250 g/mol. The Morgan fingerprint density at radius 3 is 2.85 bits per heavy atom. The lowest BCUT2D eigenvalue weighted by Crippen LogP contribution is -2.42. The summed E-state index contributed by atoms with van der Waals surface area (Å²) in [5.41, 5.74) is 0.647. The van der Waals surface area contributed by atoms with Crippen LogP contribution in [0.5, 0.6) is 0 Å². The highest BCUT2D eigenvalue weighted by Gasteiger charge is 2.63. The highest BCUT2D eigenvalue weighted by Crippen LogP contribution is 2.58. The Hall–Kier alpha value is -1.61. The third-order valence-electron chi connectivity index (χ3n) is 5.45. The first-order valence-electron chi connectivity index (χ1n) is 7.45. The Bertz CT molecular complexity index is 568. The van der Waals surface area contributed by atoms with Crippen LogP contribution in [0.25, 0.3) is 0 Å². The minimum absolute atomic E-state index is 0.0162. The van der Waals surface area contributed by atoms with Gasteiger partial charge in [0.05, 0.1) is 11.5 Å². The monoisotopic (exact) mass is 269 g/mol. The summed E-state index contributed by atoms with van der Waals surface area (Å²) in [5.74, 6) is 0.530. The molecular formula is C17H19NO2. The van der Waals surface area contributed by atoms with E-state index < -0.39 is 0 Å². The van der Waals surface area contributed by atoms with E-state index in [-0.39, 0.29) is 23.3 Å². The number of hydrogen-bond donors (Lipinski definition) is 1. The maximum atomic E-state index is 13.1. The minimum atomic E-state index is -0.349. The highest BCUT2D eigenvalue weighted by atomic mass is 16.3. The van der Waals surface area contributed by atoms with Gasteiger partial charge in [0.25, 0.3) is 0 Å². The standard InChI is InChI=1S/C17H19NO2/c19-15-10-12-11-18(13-6-2-1-3-7-13)16(20)17(12)9-5-4-8-14(15)17/h1-4,6-8,12,14-15,19H,5,9-11H2/t12-,14+,15+,17+/m1/s1. The van der Waals surface area contributed by atoms with Crippen molar-refractivity contribution in [3.05, 3.63) is 42.5 Å². The Balaban J connectivity index is 1.75. The van der Waals surface area contributed by atoms with Gasteiger partial charge in [-0.1, -0.05) is 30.4 Å². The van der Waals surface area contributed by atoms with E-state index >= 15 is 0 Å². The van der Waals surface area contributed by atoms with E-state index in [1.54, 1.807) is 0 Å². The van der Waals surface area contributed by atoms with Gasteiger partial charge in [-0.05, 0) is 37.3 Å². The van der Waals surface area contributed by atoms with Crippen LogP contribution in [-0.4, -0.2) is 23.7 Å². The van der Waals surface area contributed by atoms with Crippen LogP contribution < -0.4 is 4.90 Å². The predicted octanol–water partition coefficient (Wildman–Crippen LogP) is 2.37. The zero-order valence-electron chi connectivity index (χ0n) is 11.4. The number of hydrogen-bond acceptors (Lipinski definition) is 2. The van der Waals surface area contributed by atoms with Gasteiger partial charge in [0.2, 0.25) is 5.91 Å². The number of aliphatic hydroxyl groups is 1. The summed E-state index contributed by atoms with van der Waals surface area (Å²) in [4.78, 5) is 15.0. The highest BCUT2D eigenvalue weighted by molar-refractivity contribution is 6.01. The molecule has 0 aromatic heterocycles. The van der Waals surface area contributed by atoms with Crippen molar-refractivity contribution in [3.63, 3.8) is 0 Å². The van der Waals surface area contributed by atoms with Crippen LogP contribution in [-0.2, 0) is 4.79 Å². The van der Waals surface area contributed by atoms with Crippen molar-refractivity contribution < 1.29 is 9.90 Å². The number of allylic oxidation sites excluding steroid dienone is 1.